The molecule has 0 aliphatic rings. The smallest absolute Gasteiger partial charge is 0.0314 e. The van der Waals surface area contributed by atoms with Gasteiger partial charge in [0, 0.05) is 10.6 Å². The molecule has 0 unspecified atom stereocenters. The van der Waals surface area contributed by atoms with E-state index in [9.17, 15) is 0 Å². The molecule has 0 aliphatic carbocycles. The molecule has 0 bridgehead atoms. The van der Waals surface area contributed by atoms with Gasteiger partial charge in [0.2, 0.25) is 0 Å². The fraction of sp³-hybridized carbons (Fsp3) is 0.727. The fourth-order valence-corrected chi connectivity index (χ4v) is 3.96. The number of benzene rings is 1. The van der Waals surface area contributed by atoms with Crippen LogP contribution in [0, 0.1) is 0 Å². The van der Waals surface area contributed by atoms with Gasteiger partial charge < -0.3 is 5.73 Å². The summed E-state index contributed by atoms with van der Waals surface area (Å²) in [7, 11) is 0. The fourth-order valence-electron chi connectivity index (χ4n) is 3.05. The molecule has 0 saturated carbocycles. The predicted molar refractivity (Wildman–Crippen MR) is 119 cm³/mol. The van der Waals surface area contributed by atoms with Crippen LogP contribution >= 0.6 is 24.2 Å². The summed E-state index contributed by atoms with van der Waals surface area (Å²) in [4.78, 5) is 1.35. The van der Waals surface area contributed by atoms with Crippen LogP contribution in [0.5, 0.6) is 0 Å². The van der Waals surface area contributed by atoms with Crippen LogP contribution in [0.1, 0.15) is 96.8 Å². The molecule has 1 aromatic rings. The van der Waals surface area contributed by atoms with Gasteiger partial charge in [-0.05, 0) is 36.4 Å². The highest BCUT2D eigenvalue weighted by atomic mass is 35.5. The first-order valence-electron chi connectivity index (χ1n) is 10.3. The molecule has 0 fully saturated rings. The lowest BCUT2D eigenvalue weighted by atomic mass is 10.0. The number of nitrogens with two attached hydrogens (primary N) is 1. The molecule has 0 saturated heterocycles. The first-order valence-corrected chi connectivity index (χ1v) is 11.3. The molecule has 0 radical (unpaired) electrons. The topological polar surface area (TPSA) is 26.0 Å². The highest BCUT2D eigenvalue weighted by Gasteiger charge is 1.96. The molecule has 1 rings (SSSR count). The van der Waals surface area contributed by atoms with Crippen LogP contribution in [0.15, 0.2) is 29.2 Å². The summed E-state index contributed by atoms with van der Waals surface area (Å²) in [5, 5.41) is 0. The van der Waals surface area contributed by atoms with Gasteiger partial charge in [0.15, 0.2) is 0 Å². The third kappa shape index (κ3) is 15.6. The van der Waals surface area contributed by atoms with Crippen molar-refractivity contribution in [2.75, 3.05) is 11.5 Å². The summed E-state index contributed by atoms with van der Waals surface area (Å²) in [5.41, 5.74) is 6.56. The van der Waals surface area contributed by atoms with Gasteiger partial charge in [-0.3, -0.25) is 0 Å². The minimum Gasteiger partial charge on any atom is -0.399 e. The van der Waals surface area contributed by atoms with Crippen molar-refractivity contribution >= 4 is 29.9 Å². The average molecular weight is 386 g/mol. The van der Waals surface area contributed by atoms with Crippen LogP contribution in [-0.4, -0.2) is 5.75 Å². The summed E-state index contributed by atoms with van der Waals surface area (Å²) in [6.07, 6.45) is 20.0. The Labute approximate surface area is 167 Å². The highest BCUT2D eigenvalue weighted by Crippen LogP contribution is 2.21. The van der Waals surface area contributed by atoms with E-state index in [0.717, 1.165) is 5.69 Å². The number of hydrogen-bond donors (Lipinski definition) is 1. The van der Waals surface area contributed by atoms with Crippen molar-refractivity contribution in [1.29, 1.82) is 0 Å². The van der Waals surface area contributed by atoms with Crippen LogP contribution < -0.4 is 5.73 Å². The van der Waals surface area contributed by atoms with Gasteiger partial charge in [0.25, 0.3) is 0 Å². The van der Waals surface area contributed by atoms with E-state index >= 15 is 0 Å². The lowest BCUT2D eigenvalue weighted by Crippen LogP contribution is -1.85. The van der Waals surface area contributed by atoms with Crippen LogP contribution in [0.2, 0.25) is 0 Å². The van der Waals surface area contributed by atoms with Crippen LogP contribution in [-0.2, 0) is 0 Å². The van der Waals surface area contributed by atoms with Crippen LogP contribution in [0.3, 0.4) is 0 Å². The Morgan fingerprint density at radius 1 is 0.640 bits per heavy atom. The monoisotopic (exact) mass is 385 g/mol. The van der Waals surface area contributed by atoms with E-state index in [4.69, 9.17) is 5.73 Å². The first-order chi connectivity index (χ1) is 11.8. The molecule has 0 aromatic heterocycles. The maximum atomic E-state index is 5.70. The first kappa shape index (κ1) is 24.7. The molecule has 3 heteroatoms. The number of nitrogen functional groups attached to an aromatic ring is 1. The Kier molecular flexibility index (Phi) is 18.2. The van der Waals surface area contributed by atoms with Crippen molar-refractivity contribution in [3.8, 4) is 0 Å². The minimum atomic E-state index is 0. The van der Waals surface area contributed by atoms with Crippen molar-refractivity contribution in [1.82, 2.24) is 0 Å². The second-order valence-electron chi connectivity index (χ2n) is 7.01. The molecule has 0 heterocycles. The van der Waals surface area contributed by atoms with Gasteiger partial charge in [-0.15, -0.1) is 24.2 Å². The molecule has 0 spiro atoms. The summed E-state index contributed by atoms with van der Waals surface area (Å²) in [6, 6.07) is 8.24. The average Bonchev–Trinajstić information content (AvgIpc) is 2.60. The zero-order valence-electron chi connectivity index (χ0n) is 16.3. The number of rotatable bonds is 16. The maximum Gasteiger partial charge on any atom is 0.0314 e. The van der Waals surface area contributed by atoms with Gasteiger partial charge in [-0.1, -0.05) is 90.4 Å². The van der Waals surface area contributed by atoms with Crippen molar-refractivity contribution in [2.24, 2.45) is 0 Å². The van der Waals surface area contributed by atoms with Crippen molar-refractivity contribution in [3.63, 3.8) is 0 Å². The Morgan fingerprint density at radius 3 is 1.48 bits per heavy atom. The van der Waals surface area contributed by atoms with Crippen molar-refractivity contribution in [2.45, 2.75) is 102 Å². The van der Waals surface area contributed by atoms with E-state index in [2.05, 4.69) is 19.1 Å². The van der Waals surface area contributed by atoms with Crippen LogP contribution in [0.25, 0.3) is 0 Å². The minimum absolute atomic E-state index is 0. The summed E-state index contributed by atoms with van der Waals surface area (Å²) in [5.74, 6) is 1.24. The second-order valence-corrected chi connectivity index (χ2v) is 8.18. The molecular formula is C22H40ClNS. The molecule has 2 N–H and O–H groups in total. The summed E-state index contributed by atoms with van der Waals surface area (Å²) < 4.78 is 0. The third-order valence-corrected chi connectivity index (χ3v) is 5.75. The zero-order chi connectivity index (χ0) is 17.3. The molecular weight excluding hydrogens is 346 g/mol. The van der Waals surface area contributed by atoms with E-state index in [1.54, 1.807) is 0 Å². The number of thioether (sulfide) groups is 1. The second kappa shape index (κ2) is 18.5. The SMILES string of the molecule is CCCCCCCCCCCCCCCCSc1ccc(N)cc1.Cl. The van der Waals surface area contributed by atoms with Gasteiger partial charge in [0.1, 0.15) is 0 Å². The largest absolute Gasteiger partial charge is 0.399 e. The molecule has 25 heavy (non-hydrogen) atoms. The summed E-state index contributed by atoms with van der Waals surface area (Å²) in [6.45, 7) is 2.29. The summed E-state index contributed by atoms with van der Waals surface area (Å²) >= 11 is 1.96. The Morgan fingerprint density at radius 2 is 1.04 bits per heavy atom. The number of anilines is 1. The molecule has 0 amide bonds. The Hall–Kier alpha value is -0.340. The van der Waals surface area contributed by atoms with E-state index in [1.807, 2.05) is 23.9 Å². The van der Waals surface area contributed by atoms with Gasteiger partial charge in [-0.2, -0.15) is 0 Å². The quantitative estimate of drug-likeness (QED) is 0.176. The molecule has 0 atom stereocenters. The van der Waals surface area contributed by atoms with Gasteiger partial charge >= 0.3 is 0 Å². The lowest BCUT2D eigenvalue weighted by molar-refractivity contribution is 0.538. The van der Waals surface area contributed by atoms with Gasteiger partial charge in [-0.25, -0.2) is 0 Å². The number of halogens is 1. The molecule has 1 aromatic carbocycles. The van der Waals surface area contributed by atoms with Crippen molar-refractivity contribution < 1.29 is 0 Å². The van der Waals surface area contributed by atoms with Gasteiger partial charge in [0.05, 0.1) is 0 Å². The lowest BCUT2D eigenvalue weighted by Gasteiger charge is -2.04. The molecule has 146 valence electrons. The van der Waals surface area contributed by atoms with E-state index in [-0.39, 0.29) is 12.4 Å². The maximum absolute atomic E-state index is 5.70. The molecule has 0 aliphatic heterocycles. The normalized spacial score (nSPS) is 10.6. The number of unbranched alkanes of at least 4 members (excludes halogenated alkanes) is 13. The zero-order valence-corrected chi connectivity index (χ0v) is 17.9. The standard InChI is InChI=1S/C22H39NS.ClH/c1-2-3-4-5-6-7-8-9-10-11-12-13-14-15-20-24-22-18-16-21(23)17-19-22;/h16-19H,2-15,20,23H2,1H3;1H. The highest BCUT2D eigenvalue weighted by molar-refractivity contribution is 7.99. The Balaban J connectivity index is 0.00000576. The van der Waals surface area contributed by atoms with E-state index in [0.29, 0.717) is 0 Å². The van der Waals surface area contributed by atoms with Crippen molar-refractivity contribution in [3.05, 3.63) is 24.3 Å². The third-order valence-electron chi connectivity index (χ3n) is 4.65. The van der Waals surface area contributed by atoms with E-state index < -0.39 is 0 Å². The predicted octanol–water partition coefficient (Wildman–Crippen LogP) is 8.26. The molecule has 1 nitrogen and oxygen atoms in total. The van der Waals surface area contributed by atoms with E-state index in [1.165, 1.54) is 101 Å². The Bertz CT molecular complexity index is 380. The number of hydrogen-bond acceptors (Lipinski definition) is 2. The van der Waals surface area contributed by atoms with Crippen LogP contribution in [0.4, 0.5) is 5.69 Å².